The fourth-order valence-corrected chi connectivity index (χ4v) is 4.46. The number of amides is 2. The predicted octanol–water partition coefficient (Wildman–Crippen LogP) is 2.47. The molecule has 1 aliphatic rings. The summed E-state index contributed by atoms with van der Waals surface area (Å²) in [5, 5.41) is 5.38. The van der Waals surface area contributed by atoms with Crippen molar-refractivity contribution in [1.29, 1.82) is 0 Å². The van der Waals surface area contributed by atoms with Crippen LogP contribution in [0.15, 0.2) is 30.3 Å². The highest BCUT2D eigenvalue weighted by atomic mass is 32.1. The zero-order valence-electron chi connectivity index (χ0n) is 16.2. The number of nitrogens with zero attached hydrogens (tertiary/aromatic N) is 4. The van der Waals surface area contributed by atoms with E-state index in [-0.39, 0.29) is 24.2 Å². The number of benzene rings is 1. The van der Waals surface area contributed by atoms with Crippen molar-refractivity contribution in [3.8, 4) is 5.69 Å². The molecule has 9 heteroatoms. The minimum atomic E-state index is -0.317. The molecular weight excluding hydrogens is 395 g/mol. The number of carbonyl (C=O) groups excluding carboxylic acids is 2. The first-order chi connectivity index (χ1) is 13.9. The highest BCUT2D eigenvalue weighted by Gasteiger charge is 2.23. The fourth-order valence-electron chi connectivity index (χ4n) is 3.29. The second-order valence-electron chi connectivity index (χ2n) is 6.96. The lowest BCUT2D eigenvalue weighted by Gasteiger charge is -2.28. The number of morpholine rings is 1. The van der Waals surface area contributed by atoms with Crippen LogP contribution in [0.1, 0.15) is 15.4 Å². The van der Waals surface area contributed by atoms with E-state index in [1.807, 2.05) is 6.92 Å². The highest BCUT2D eigenvalue weighted by molar-refractivity contribution is 7.20. The van der Waals surface area contributed by atoms with Gasteiger partial charge in [-0.05, 0) is 37.3 Å². The molecule has 1 fully saturated rings. The molecule has 0 aliphatic carbocycles. The topological polar surface area (TPSA) is 67.7 Å². The second-order valence-corrected chi connectivity index (χ2v) is 7.99. The van der Waals surface area contributed by atoms with Crippen LogP contribution in [0.25, 0.3) is 15.9 Å². The van der Waals surface area contributed by atoms with Gasteiger partial charge in [0.15, 0.2) is 0 Å². The maximum Gasteiger partial charge on any atom is 0.264 e. The molecule has 0 bridgehead atoms. The molecule has 4 rings (SSSR count). The van der Waals surface area contributed by atoms with E-state index in [1.165, 1.54) is 28.4 Å². The zero-order chi connectivity index (χ0) is 20.5. The summed E-state index contributed by atoms with van der Waals surface area (Å²) in [6, 6.07) is 7.86. The van der Waals surface area contributed by atoms with E-state index < -0.39 is 0 Å². The summed E-state index contributed by atoms with van der Waals surface area (Å²) < 4.78 is 20.2. The van der Waals surface area contributed by atoms with Crippen molar-refractivity contribution in [2.24, 2.45) is 0 Å². The molecular formula is C20H21FN4O3S. The van der Waals surface area contributed by atoms with Gasteiger partial charge < -0.3 is 14.5 Å². The fraction of sp³-hybridized carbons (Fsp3) is 0.350. The van der Waals surface area contributed by atoms with Crippen LogP contribution in [-0.2, 0) is 9.53 Å². The van der Waals surface area contributed by atoms with Crippen LogP contribution < -0.4 is 0 Å². The third kappa shape index (κ3) is 3.88. The largest absolute Gasteiger partial charge is 0.378 e. The number of rotatable bonds is 4. The van der Waals surface area contributed by atoms with E-state index in [0.717, 1.165) is 21.6 Å². The molecule has 0 radical (unpaired) electrons. The number of thiophene rings is 1. The lowest BCUT2D eigenvalue weighted by molar-refractivity contribution is -0.135. The Kier molecular flexibility index (Phi) is 5.33. The van der Waals surface area contributed by atoms with Gasteiger partial charge in [0.05, 0.1) is 36.0 Å². The van der Waals surface area contributed by atoms with Crippen molar-refractivity contribution < 1.29 is 18.7 Å². The van der Waals surface area contributed by atoms with Gasteiger partial charge in [-0.15, -0.1) is 11.3 Å². The number of ether oxygens (including phenoxy) is 1. The van der Waals surface area contributed by atoms with E-state index in [1.54, 1.807) is 34.8 Å². The molecule has 3 aromatic rings. The molecule has 1 aliphatic heterocycles. The third-order valence-corrected chi connectivity index (χ3v) is 6.01. The van der Waals surface area contributed by atoms with Gasteiger partial charge in [0, 0.05) is 25.5 Å². The molecule has 3 heterocycles. The summed E-state index contributed by atoms with van der Waals surface area (Å²) in [5.41, 5.74) is 1.51. The second kappa shape index (κ2) is 7.92. The van der Waals surface area contributed by atoms with Crippen molar-refractivity contribution in [1.82, 2.24) is 19.6 Å². The molecule has 0 spiro atoms. The van der Waals surface area contributed by atoms with Crippen molar-refractivity contribution >= 4 is 33.4 Å². The van der Waals surface area contributed by atoms with Gasteiger partial charge >= 0.3 is 0 Å². The maximum absolute atomic E-state index is 13.2. The Morgan fingerprint density at radius 2 is 1.93 bits per heavy atom. The van der Waals surface area contributed by atoms with Gasteiger partial charge in [0.1, 0.15) is 10.6 Å². The first kappa shape index (κ1) is 19.5. The number of aryl methyl sites for hydroxylation is 1. The van der Waals surface area contributed by atoms with Crippen molar-refractivity contribution in [2.45, 2.75) is 6.92 Å². The maximum atomic E-state index is 13.2. The molecule has 2 aromatic heterocycles. The van der Waals surface area contributed by atoms with Gasteiger partial charge in [0.2, 0.25) is 5.91 Å². The van der Waals surface area contributed by atoms with Crippen LogP contribution >= 0.6 is 11.3 Å². The van der Waals surface area contributed by atoms with Gasteiger partial charge in [-0.1, -0.05) is 0 Å². The van der Waals surface area contributed by atoms with E-state index >= 15 is 0 Å². The molecule has 0 N–H and O–H groups in total. The summed E-state index contributed by atoms with van der Waals surface area (Å²) in [6.45, 7) is 4.05. The number of fused-ring (bicyclic) bond motifs is 1. The Hall–Kier alpha value is -2.78. The molecule has 1 saturated heterocycles. The molecule has 0 saturated carbocycles. The summed E-state index contributed by atoms with van der Waals surface area (Å²) in [5.74, 6) is -0.612. The van der Waals surface area contributed by atoms with E-state index in [0.29, 0.717) is 31.2 Å². The Bertz CT molecular complexity index is 1050. The Morgan fingerprint density at radius 3 is 2.62 bits per heavy atom. The highest BCUT2D eigenvalue weighted by Crippen LogP contribution is 2.31. The zero-order valence-corrected chi connectivity index (χ0v) is 17.0. The van der Waals surface area contributed by atoms with Gasteiger partial charge in [-0.25, -0.2) is 9.07 Å². The minimum absolute atomic E-state index is 0.0240. The van der Waals surface area contributed by atoms with E-state index in [4.69, 9.17) is 4.74 Å². The normalized spacial score (nSPS) is 14.4. The summed E-state index contributed by atoms with van der Waals surface area (Å²) >= 11 is 1.31. The van der Waals surface area contributed by atoms with Crippen LogP contribution in [-0.4, -0.2) is 71.3 Å². The summed E-state index contributed by atoms with van der Waals surface area (Å²) in [6.07, 6.45) is 0. The lowest BCUT2D eigenvalue weighted by atomic mass is 10.3. The average Bonchev–Trinajstić information content (AvgIpc) is 3.29. The van der Waals surface area contributed by atoms with Crippen molar-refractivity contribution in [2.75, 3.05) is 39.9 Å². The van der Waals surface area contributed by atoms with Crippen LogP contribution in [0, 0.1) is 12.7 Å². The van der Waals surface area contributed by atoms with E-state index in [9.17, 15) is 14.0 Å². The SMILES string of the molecule is Cc1nn(-c2ccc(F)cc2)c2sc(C(=O)N(C)CC(=O)N3CCOCC3)cc12. The number of hydrogen-bond donors (Lipinski definition) is 0. The smallest absolute Gasteiger partial charge is 0.264 e. The van der Waals surface area contributed by atoms with Crippen LogP contribution in [0.5, 0.6) is 0 Å². The first-order valence-electron chi connectivity index (χ1n) is 9.30. The Balaban J connectivity index is 1.55. The molecule has 0 unspecified atom stereocenters. The first-order valence-corrected chi connectivity index (χ1v) is 10.1. The van der Waals surface area contributed by atoms with Gasteiger partial charge in [-0.2, -0.15) is 5.10 Å². The quantitative estimate of drug-likeness (QED) is 0.655. The number of hydrogen-bond acceptors (Lipinski definition) is 5. The Labute approximate surface area is 171 Å². The molecule has 152 valence electrons. The number of halogens is 1. The average molecular weight is 416 g/mol. The van der Waals surface area contributed by atoms with Crippen LogP contribution in [0.2, 0.25) is 0 Å². The summed E-state index contributed by atoms with van der Waals surface area (Å²) in [7, 11) is 1.63. The molecule has 2 amide bonds. The van der Waals surface area contributed by atoms with Crippen LogP contribution in [0.3, 0.4) is 0 Å². The number of likely N-dealkylation sites (N-methyl/N-ethyl adjacent to an activating group) is 1. The van der Waals surface area contributed by atoms with E-state index in [2.05, 4.69) is 5.10 Å². The number of carbonyl (C=O) groups is 2. The Morgan fingerprint density at radius 1 is 1.24 bits per heavy atom. The summed E-state index contributed by atoms with van der Waals surface area (Å²) in [4.78, 5) is 29.8. The van der Waals surface area contributed by atoms with Gasteiger partial charge in [0.25, 0.3) is 5.91 Å². The standard InChI is InChI=1S/C20H21FN4O3S/c1-13-16-11-17(19(27)23(2)12-18(26)24-7-9-28-10-8-24)29-20(16)25(22-13)15-5-3-14(21)4-6-15/h3-6,11H,7-10,12H2,1-2H3. The molecule has 29 heavy (non-hydrogen) atoms. The molecule has 0 atom stereocenters. The van der Waals surface area contributed by atoms with Crippen molar-refractivity contribution in [3.63, 3.8) is 0 Å². The lowest BCUT2D eigenvalue weighted by Crippen LogP contribution is -2.46. The van der Waals surface area contributed by atoms with Crippen molar-refractivity contribution in [3.05, 3.63) is 46.7 Å². The van der Waals surface area contributed by atoms with Crippen LogP contribution in [0.4, 0.5) is 4.39 Å². The van der Waals surface area contributed by atoms with Gasteiger partial charge in [-0.3, -0.25) is 9.59 Å². The third-order valence-electron chi connectivity index (χ3n) is 4.91. The monoisotopic (exact) mass is 416 g/mol. The number of aromatic nitrogens is 2. The molecule has 7 nitrogen and oxygen atoms in total. The molecule has 1 aromatic carbocycles. The minimum Gasteiger partial charge on any atom is -0.378 e. The predicted molar refractivity (Wildman–Crippen MR) is 108 cm³/mol.